The van der Waals surface area contributed by atoms with Crippen LogP contribution in [0.15, 0.2) is 23.6 Å². The highest BCUT2D eigenvalue weighted by Crippen LogP contribution is 2.15. The molecule has 0 bridgehead atoms. The van der Waals surface area contributed by atoms with E-state index in [0.717, 1.165) is 21.3 Å². The number of carbonyl (C=O) groups is 3. The third-order valence-corrected chi connectivity index (χ3v) is 6.00. The summed E-state index contributed by atoms with van der Waals surface area (Å²) in [6.45, 7) is 1.64. The van der Waals surface area contributed by atoms with Crippen molar-refractivity contribution in [2.45, 2.75) is 19.4 Å². The molecule has 3 heterocycles. The number of amides is 4. The number of β-lactam (4-membered cyclic amide) rings is 1. The number of nitrogens with zero attached hydrogens (tertiary/aromatic N) is 2. The van der Waals surface area contributed by atoms with E-state index in [1.54, 1.807) is 17.7 Å². The molecule has 0 saturated carbocycles. The van der Waals surface area contributed by atoms with E-state index < -0.39 is 28.2 Å². The van der Waals surface area contributed by atoms with Crippen LogP contribution in [-0.2, 0) is 26.2 Å². The number of hydrogen-bond acceptors (Lipinski definition) is 8. The van der Waals surface area contributed by atoms with Gasteiger partial charge in [-0.05, 0) is 36.0 Å². The quantitative estimate of drug-likeness (QED) is 0.570. The molecule has 0 aromatic carbocycles. The summed E-state index contributed by atoms with van der Waals surface area (Å²) in [5.41, 5.74) is 0. The molecular formula is C14H15N5O5S3. The minimum atomic E-state index is -4.23. The Morgan fingerprint density at radius 3 is 2.78 bits per heavy atom. The van der Waals surface area contributed by atoms with Gasteiger partial charge in [0.15, 0.2) is 5.82 Å². The van der Waals surface area contributed by atoms with Gasteiger partial charge in [-0.1, -0.05) is 6.07 Å². The Bertz CT molecular complexity index is 969. The Kier molecular flexibility index (Phi) is 5.43. The third kappa shape index (κ3) is 4.81. The fourth-order valence-electron chi connectivity index (χ4n) is 2.28. The summed E-state index contributed by atoms with van der Waals surface area (Å²) in [5.74, 6) is -0.942. The van der Waals surface area contributed by atoms with Crippen molar-refractivity contribution < 1.29 is 22.8 Å². The highest BCUT2D eigenvalue weighted by atomic mass is 32.2. The average molecular weight is 430 g/mol. The number of rotatable bonds is 6. The molecule has 0 radical (unpaired) electrons. The molecule has 3 N–H and O–H groups in total. The summed E-state index contributed by atoms with van der Waals surface area (Å²) >= 11 is 2.52. The van der Waals surface area contributed by atoms with Gasteiger partial charge in [0.2, 0.25) is 5.91 Å². The van der Waals surface area contributed by atoms with E-state index in [1.807, 2.05) is 11.4 Å². The number of hydrogen-bond donors (Lipinski definition) is 3. The maximum atomic E-state index is 12.0. The minimum absolute atomic E-state index is 0.0754. The lowest BCUT2D eigenvalue weighted by atomic mass is 10.1. The highest BCUT2D eigenvalue weighted by molar-refractivity contribution is 7.91. The van der Waals surface area contributed by atoms with Gasteiger partial charge in [0.1, 0.15) is 6.04 Å². The maximum Gasteiger partial charge on any atom is 0.339 e. The van der Waals surface area contributed by atoms with Crippen molar-refractivity contribution in [2.24, 2.45) is 0 Å². The van der Waals surface area contributed by atoms with E-state index in [2.05, 4.69) is 14.4 Å². The van der Waals surface area contributed by atoms with Crippen LogP contribution < -0.4 is 14.8 Å². The second-order valence-electron chi connectivity index (χ2n) is 5.66. The van der Waals surface area contributed by atoms with Crippen molar-refractivity contribution in [1.29, 1.82) is 0 Å². The van der Waals surface area contributed by atoms with Gasteiger partial charge in [0, 0.05) is 9.75 Å². The van der Waals surface area contributed by atoms with Crippen LogP contribution in [0.5, 0.6) is 0 Å². The lowest BCUT2D eigenvalue weighted by Crippen LogP contribution is -2.67. The molecule has 1 fully saturated rings. The van der Waals surface area contributed by atoms with Crippen molar-refractivity contribution in [3.8, 4) is 0 Å². The maximum absolute atomic E-state index is 12.0. The van der Waals surface area contributed by atoms with Gasteiger partial charge < -0.3 is 5.32 Å². The molecule has 1 aliphatic heterocycles. The van der Waals surface area contributed by atoms with Crippen LogP contribution in [0.2, 0.25) is 0 Å². The molecular weight excluding hydrogens is 414 g/mol. The number of nitrogens with one attached hydrogen (secondary N) is 3. The fourth-order valence-corrected chi connectivity index (χ4v) is 4.32. The van der Waals surface area contributed by atoms with E-state index in [0.29, 0.717) is 4.90 Å². The van der Waals surface area contributed by atoms with Crippen molar-refractivity contribution >= 4 is 56.7 Å². The zero-order chi connectivity index (χ0) is 19.6. The number of aromatic nitrogens is 1. The van der Waals surface area contributed by atoms with Crippen LogP contribution in [0.25, 0.3) is 0 Å². The van der Waals surface area contributed by atoms with Crippen molar-refractivity contribution in [1.82, 2.24) is 19.3 Å². The van der Waals surface area contributed by atoms with Gasteiger partial charge in [0.05, 0.1) is 13.0 Å². The van der Waals surface area contributed by atoms with E-state index in [9.17, 15) is 22.8 Å². The Hall–Kier alpha value is -2.51. The predicted octanol–water partition coefficient (Wildman–Crippen LogP) is 0.449. The molecule has 2 aromatic heterocycles. The Labute approximate surface area is 162 Å². The van der Waals surface area contributed by atoms with E-state index in [-0.39, 0.29) is 24.7 Å². The van der Waals surface area contributed by atoms with Crippen LogP contribution in [-0.4, -0.2) is 48.1 Å². The first-order valence-electron chi connectivity index (χ1n) is 7.64. The van der Waals surface area contributed by atoms with Crippen molar-refractivity contribution in [3.63, 3.8) is 0 Å². The molecule has 0 unspecified atom stereocenters. The number of aryl methyl sites for hydroxylation is 1. The number of urea groups is 1. The first-order valence-corrected chi connectivity index (χ1v) is 10.8. The number of thiophene rings is 1. The molecule has 4 amide bonds. The van der Waals surface area contributed by atoms with Gasteiger partial charge in [-0.2, -0.15) is 12.8 Å². The summed E-state index contributed by atoms with van der Waals surface area (Å²) in [7, 11) is -4.23. The van der Waals surface area contributed by atoms with Crippen LogP contribution in [0.3, 0.4) is 0 Å². The fraction of sp³-hybridized carbons (Fsp3) is 0.286. The Morgan fingerprint density at radius 1 is 1.41 bits per heavy atom. The molecule has 1 saturated heterocycles. The molecule has 1 aliphatic rings. The van der Waals surface area contributed by atoms with Crippen LogP contribution in [0.1, 0.15) is 9.75 Å². The molecule has 10 nitrogen and oxygen atoms in total. The van der Waals surface area contributed by atoms with Crippen LogP contribution in [0.4, 0.5) is 10.6 Å². The lowest BCUT2D eigenvalue weighted by molar-refractivity contribution is -0.142. The first kappa shape index (κ1) is 19.3. The standard InChI is InChI=1S/C14H15N5O5S3/c1-8-5-11(16-26-8)17-27(23,24)18-14(22)19-7-10(13(19)21)15-12(20)6-9-3-2-4-25-9/h2-5,10H,6-7H2,1H3,(H,15,20)(H,16,17)(H,18,22)/t10-/m0/s1. The smallest absolute Gasteiger partial charge is 0.339 e. The molecule has 0 aliphatic carbocycles. The number of likely N-dealkylation sites (tertiary alicyclic amines) is 1. The molecule has 13 heteroatoms. The number of carbonyl (C=O) groups excluding carboxylic acids is 3. The SMILES string of the molecule is Cc1cc(NS(=O)(=O)NC(=O)N2C[C@H](NC(=O)Cc3cccs3)C2=O)ns1. The molecule has 1 atom stereocenters. The molecule has 0 spiro atoms. The highest BCUT2D eigenvalue weighted by Gasteiger charge is 2.42. The second kappa shape index (κ2) is 7.62. The van der Waals surface area contributed by atoms with E-state index >= 15 is 0 Å². The van der Waals surface area contributed by atoms with Gasteiger partial charge >= 0.3 is 16.2 Å². The first-order chi connectivity index (χ1) is 12.7. The predicted molar refractivity (Wildman–Crippen MR) is 99.6 cm³/mol. The summed E-state index contributed by atoms with van der Waals surface area (Å²) in [6, 6.07) is 3.18. The summed E-state index contributed by atoms with van der Waals surface area (Å²) < 4.78 is 31.5. The van der Waals surface area contributed by atoms with Crippen molar-refractivity contribution in [3.05, 3.63) is 33.3 Å². The molecule has 2 aromatic rings. The van der Waals surface area contributed by atoms with Crippen LogP contribution >= 0.6 is 22.9 Å². The normalized spacial score (nSPS) is 16.6. The number of anilines is 1. The summed E-state index contributed by atoms with van der Waals surface area (Å²) in [6.07, 6.45) is 0.138. The molecule has 144 valence electrons. The zero-order valence-electron chi connectivity index (χ0n) is 14.0. The van der Waals surface area contributed by atoms with E-state index in [4.69, 9.17) is 0 Å². The molecule has 27 heavy (non-hydrogen) atoms. The van der Waals surface area contributed by atoms with E-state index in [1.165, 1.54) is 17.4 Å². The monoisotopic (exact) mass is 429 g/mol. The second-order valence-corrected chi connectivity index (χ2v) is 9.12. The lowest BCUT2D eigenvalue weighted by Gasteiger charge is -2.36. The largest absolute Gasteiger partial charge is 0.342 e. The van der Waals surface area contributed by atoms with Gasteiger partial charge in [0.25, 0.3) is 5.91 Å². The zero-order valence-corrected chi connectivity index (χ0v) is 16.4. The summed E-state index contributed by atoms with van der Waals surface area (Å²) in [4.78, 5) is 38.2. The van der Waals surface area contributed by atoms with Crippen molar-refractivity contribution in [2.75, 3.05) is 11.3 Å². The third-order valence-electron chi connectivity index (χ3n) is 3.51. The topological polar surface area (TPSA) is 138 Å². The number of imide groups is 1. The Morgan fingerprint density at radius 2 is 2.19 bits per heavy atom. The summed E-state index contributed by atoms with van der Waals surface area (Å²) in [5, 5.41) is 4.36. The minimum Gasteiger partial charge on any atom is -0.342 e. The average Bonchev–Trinajstić information content (AvgIpc) is 3.21. The van der Waals surface area contributed by atoms with Crippen LogP contribution in [0, 0.1) is 6.92 Å². The van der Waals surface area contributed by atoms with Gasteiger partial charge in [-0.25, -0.2) is 14.2 Å². The van der Waals surface area contributed by atoms with Gasteiger partial charge in [-0.15, -0.1) is 11.3 Å². The molecule has 3 rings (SSSR count). The Balaban J connectivity index is 1.49. The van der Waals surface area contributed by atoms with Gasteiger partial charge in [-0.3, -0.25) is 14.5 Å².